The third-order valence-electron chi connectivity index (χ3n) is 4.91. The van der Waals surface area contributed by atoms with Crippen LogP contribution in [0.15, 0.2) is 35.1 Å². The fourth-order valence-electron chi connectivity index (χ4n) is 3.52. The van der Waals surface area contributed by atoms with E-state index >= 15 is 0 Å². The van der Waals surface area contributed by atoms with E-state index in [4.69, 9.17) is 0 Å². The first-order valence-electron chi connectivity index (χ1n) is 9.08. The molecule has 0 atom stereocenters. The van der Waals surface area contributed by atoms with Crippen LogP contribution in [0.2, 0.25) is 0 Å². The maximum Gasteiger partial charge on any atom is 0.323 e. The molecule has 0 bridgehead atoms. The summed E-state index contributed by atoms with van der Waals surface area (Å²) in [4.78, 5) is 52.4. The van der Waals surface area contributed by atoms with Gasteiger partial charge in [0.15, 0.2) is 0 Å². The Morgan fingerprint density at radius 2 is 1.50 bits per heavy atom. The zero-order valence-electron chi connectivity index (χ0n) is 15.5. The maximum atomic E-state index is 12.8. The van der Waals surface area contributed by atoms with Gasteiger partial charge in [-0.05, 0) is 25.0 Å². The van der Waals surface area contributed by atoms with Gasteiger partial charge in [0.2, 0.25) is 0 Å². The fraction of sp³-hybridized carbons (Fsp3) is 0.222. The summed E-state index contributed by atoms with van der Waals surface area (Å²) >= 11 is 0. The Hall–Kier alpha value is -4.22. The summed E-state index contributed by atoms with van der Waals surface area (Å²) in [5.41, 5.74) is 0.400. The molecular weight excluding hydrogens is 396 g/mol. The van der Waals surface area contributed by atoms with E-state index in [1.165, 1.54) is 0 Å². The first-order valence-corrected chi connectivity index (χ1v) is 9.08. The van der Waals surface area contributed by atoms with Crippen LogP contribution in [0.1, 0.15) is 23.2 Å². The summed E-state index contributed by atoms with van der Waals surface area (Å²) in [6.07, 6.45) is 1.96. The summed E-state index contributed by atoms with van der Waals surface area (Å²) in [5.74, 6) is -0.737. The second-order valence-corrected chi connectivity index (χ2v) is 6.89. The molecule has 0 radical (unpaired) electrons. The fourth-order valence-corrected chi connectivity index (χ4v) is 3.52. The molecule has 12 nitrogen and oxygen atoms in total. The van der Waals surface area contributed by atoms with Crippen LogP contribution in [-0.2, 0) is 0 Å². The van der Waals surface area contributed by atoms with Gasteiger partial charge in [-0.3, -0.25) is 25.0 Å². The third kappa shape index (κ3) is 3.57. The lowest BCUT2D eigenvalue weighted by molar-refractivity contribution is -0.394. The second kappa shape index (κ2) is 7.31. The summed E-state index contributed by atoms with van der Waals surface area (Å²) in [5, 5.41) is 24.9. The number of benzene rings is 2. The number of hydrogen-bond donors (Lipinski definition) is 3. The van der Waals surface area contributed by atoms with Crippen molar-refractivity contribution in [1.82, 2.24) is 9.97 Å². The van der Waals surface area contributed by atoms with Crippen molar-refractivity contribution in [3.63, 3.8) is 0 Å². The van der Waals surface area contributed by atoms with Gasteiger partial charge in [0.25, 0.3) is 17.3 Å². The predicted molar refractivity (Wildman–Crippen MR) is 108 cm³/mol. The van der Waals surface area contributed by atoms with Crippen LogP contribution >= 0.6 is 0 Å². The van der Waals surface area contributed by atoms with Crippen LogP contribution in [-0.4, -0.2) is 38.8 Å². The molecule has 154 valence electrons. The topological polar surface area (TPSA) is 167 Å². The molecule has 3 N–H and O–H groups in total. The Bertz CT molecular complexity index is 1210. The number of non-ortho nitro benzene ring substituents is 2. The van der Waals surface area contributed by atoms with Gasteiger partial charge in [0.05, 0.1) is 43.9 Å². The molecule has 1 fully saturated rings. The normalized spacial score (nSPS) is 13.5. The van der Waals surface area contributed by atoms with Crippen LogP contribution in [0, 0.1) is 20.2 Å². The van der Waals surface area contributed by atoms with Gasteiger partial charge in [0, 0.05) is 25.2 Å². The van der Waals surface area contributed by atoms with Crippen molar-refractivity contribution in [2.45, 2.75) is 12.8 Å². The van der Waals surface area contributed by atoms with Crippen LogP contribution in [0.3, 0.4) is 0 Å². The summed E-state index contributed by atoms with van der Waals surface area (Å²) in [6.45, 7) is 1.54. The molecule has 0 spiro atoms. The lowest BCUT2D eigenvalue weighted by Crippen LogP contribution is -2.21. The number of aromatic amines is 2. The van der Waals surface area contributed by atoms with Gasteiger partial charge in [-0.15, -0.1) is 0 Å². The van der Waals surface area contributed by atoms with E-state index in [9.17, 15) is 29.8 Å². The van der Waals surface area contributed by atoms with E-state index < -0.39 is 32.8 Å². The average molecular weight is 412 g/mol. The number of H-pyrrole nitrogens is 2. The Kier molecular flexibility index (Phi) is 4.66. The minimum absolute atomic E-state index is 0.217. The van der Waals surface area contributed by atoms with E-state index in [0.29, 0.717) is 22.4 Å². The smallest absolute Gasteiger partial charge is 0.323 e. The lowest BCUT2D eigenvalue weighted by atomic mass is 10.1. The predicted octanol–water partition coefficient (Wildman–Crippen LogP) is 2.53. The first-order chi connectivity index (χ1) is 14.3. The largest absolute Gasteiger partial charge is 0.370 e. The summed E-state index contributed by atoms with van der Waals surface area (Å²) in [6, 6.07) is 6.08. The van der Waals surface area contributed by atoms with Crippen LogP contribution < -0.4 is 15.9 Å². The number of carbonyl (C=O) groups excluding carboxylic acids is 1. The molecule has 2 heterocycles. The zero-order valence-corrected chi connectivity index (χ0v) is 15.5. The summed E-state index contributed by atoms with van der Waals surface area (Å²) < 4.78 is 0. The number of nitro benzene ring substituents is 2. The quantitative estimate of drug-likeness (QED) is 0.427. The molecule has 3 aromatic rings. The van der Waals surface area contributed by atoms with Crippen molar-refractivity contribution in [1.29, 1.82) is 0 Å². The second-order valence-electron chi connectivity index (χ2n) is 6.89. The van der Waals surface area contributed by atoms with Crippen LogP contribution in [0.4, 0.5) is 22.7 Å². The van der Waals surface area contributed by atoms with Crippen molar-refractivity contribution in [3.05, 3.63) is 66.6 Å². The highest BCUT2D eigenvalue weighted by atomic mass is 16.6. The molecule has 1 aromatic heterocycles. The molecule has 0 unspecified atom stereocenters. The Balaban J connectivity index is 1.75. The number of amides is 1. The number of carbonyl (C=O) groups is 1. The molecule has 2 aromatic carbocycles. The van der Waals surface area contributed by atoms with Crippen LogP contribution in [0.25, 0.3) is 11.0 Å². The number of rotatable bonds is 5. The molecule has 1 amide bonds. The van der Waals surface area contributed by atoms with Crippen molar-refractivity contribution in [2.24, 2.45) is 0 Å². The zero-order chi connectivity index (χ0) is 21.4. The highest BCUT2D eigenvalue weighted by molar-refractivity contribution is 6.08. The number of fused-ring (bicyclic) bond motifs is 1. The highest BCUT2D eigenvalue weighted by Crippen LogP contribution is 2.33. The number of nitrogens with zero attached hydrogens (tertiary/aromatic N) is 3. The molecule has 4 rings (SSSR count). The number of aromatic nitrogens is 2. The Labute approximate surface area is 167 Å². The van der Waals surface area contributed by atoms with Gasteiger partial charge >= 0.3 is 5.69 Å². The minimum Gasteiger partial charge on any atom is -0.370 e. The molecular formula is C18H16N6O6. The number of hydrogen-bond acceptors (Lipinski definition) is 7. The Morgan fingerprint density at radius 3 is 2.07 bits per heavy atom. The minimum atomic E-state index is -0.796. The first kappa shape index (κ1) is 19.1. The molecule has 1 aliphatic rings. The van der Waals surface area contributed by atoms with E-state index in [2.05, 4.69) is 20.2 Å². The van der Waals surface area contributed by atoms with E-state index in [0.717, 1.165) is 44.1 Å². The number of nitrogens with one attached hydrogen (secondary N) is 3. The van der Waals surface area contributed by atoms with Crippen molar-refractivity contribution in [2.75, 3.05) is 23.3 Å². The summed E-state index contributed by atoms with van der Waals surface area (Å²) in [7, 11) is 0. The SMILES string of the molecule is O=C(Nc1cc2[nH]c(=O)[nH]c2cc1N1CCCC1)c1cc([N+](=O)[O-])cc([N+](=O)[O-])c1. The third-order valence-corrected chi connectivity index (χ3v) is 4.91. The van der Waals surface area contributed by atoms with Gasteiger partial charge in [-0.1, -0.05) is 0 Å². The average Bonchev–Trinajstić information content (AvgIpc) is 3.35. The maximum absolute atomic E-state index is 12.8. The van der Waals surface area contributed by atoms with Gasteiger partial charge in [0.1, 0.15) is 0 Å². The highest BCUT2D eigenvalue weighted by Gasteiger charge is 2.23. The van der Waals surface area contributed by atoms with Gasteiger partial charge < -0.3 is 20.2 Å². The Morgan fingerprint density at radius 1 is 0.933 bits per heavy atom. The molecule has 1 aliphatic heterocycles. The molecule has 12 heteroatoms. The van der Waals surface area contributed by atoms with E-state index in [1.54, 1.807) is 12.1 Å². The van der Waals surface area contributed by atoms with Crippen LogP contribution in [0.5, 0.6) is 0 Å². The van der Waals surface area contributed by atoms with Crippen molar-refractivity contribution >= 4 is 39.7 Å². The monoisotopic (exact) mass is 412 g/mol. The molecule has 0 saturated carbocycles. The van der Waals surface area contributed by atoms with Gasteiger partial charge in [-0.2, -0.15) is 0 Å². The lowest BCUT2D eigenvalue weighted by Gasteiger charge is -2.21. The molecule has 1 saturated heterocycles. The van der Waals surface area contributed by atoms with E-state index in [-0.39, 0.29) is 5.56 Å². The number of nitro groups is 2. The van der Waals surface area contributed by atoms with Crippen molar-refractivity contribution in [3.8, 4) is 0 Å². The van der Waals surface area contributed by atoms with E-state index in [1.807, 2.05) is 0 Å². The number of anilines is 2. The molecule has 30 heavy (non-hydrogen) atoms. The standard InChI is InChI=1S/C18H16N6O6/c25-17(10-5-11(23(27)28)7-12(6-10)24(29)30)19-15-8-13-14(21-18(26)20-13)9-16(15)22-3-1-2-4-22/h5-9H,1-4H2,(H,19,25)(H2,20,21,26). The van der Waals surface area contributed by atoms with Crippen molar-refractivity contribution < 1.29 is 14.6 Å². The van der Waals surface area contributed by atoms with Gasteiger partial charge in [-0.25, -0.2) is 4.79 Å². The number of imidazole rings is 1. The molecule has 0 aliphatic carbocycles.